The van der Waals surface area contributed by atoms with Crippen LogP contribution in [0.25, 0.3) is 0 Å². The number of hydrogen-bond donors (Lipinski definition) is 2. The molecule has 112 valence electrons. The van der Waals surface area contributed by atoms with E-state index in [1.807, 2.05) is 0 Å². The van der Waals surface area contributed by atoms with Crippen molar-refractivity contribution in [3.63, 3.8) is 0 Å². The summed E-state index contributed by atoms with van der Waals surface area (Å²) in [7, 11) is 0. The zero-order chi connectivity index (χ0) is 15.7. The molecular formula is C17H22N2O2. The largest absolute Gasteiger partial charge is 0.395 e. The number of nitrogens with zero attached hydrogens (tertiary/aromatic N) is 1. The molecule has 0 unspecified atom stereocenters. The zero-order valence-electron chi connectivity index (χ0n) is 13.0. The molecular weight excluding hydrogens is 264 g/mol. The second kappa shape index (κ2) is 5.50. The van der Waals surface area contributed by atoms with Gasteiger partial charge in [-0.25, -0.2) is 4.98 Å². The van der Waals surface area contributed by atoms with Gasteiger partial charge < -0.3 is 10.4 Å². The highest BCUT2D eigenvalue weighted by Gasteiger charge is 2.68. The van der Waals surface area contributed by atoms with E-state index < -0.39 is 0 Å². The van der Waals surface area contributed by atoms with Gasteiger partial charge in [0.25, 0.3) is 0 Å². The number of pyridine rings is 1. The molecule has 1 amide bonds. The number of amides is 1. The van der Waals surface area contributed by atoms with Crippen LogP contribution in [0.15, 0.2) is 18.3 Å². The van der Waals surface area contributed by atoms with E-state index in [1.165, 1.54) is 0 Å². The summed E-state index contributed by atoms with van der Waals surface area (Å²) in [4.78, 5) is 16.5. The van der Waals surface area contributed by atoms with Gasteiger partial charge in [0.15, 0.2) is 0 Å². The Morgan fingerprint density at radius 3 is 2.62 bits per heavy atom. The average molecular weight is 286 g/mol. The first-order valence-corrected chi connectivity index (χ1v) is 7.17. The van der Waals surface area contributed by atoms with E-state index in [2.05, 4.69) is 49.8 Å². The van der Waals surface area contributed by atoms with Crippen LogP contribution < -0.4 is 5.32 Å². The highest BCUT2D eigenvalue weighted by molar-refractivity contribution is 5.95. The van der Waals surface area contributed by atoms with Gasteiger partial charge in [-0.05, 0) is 23.0 Å². The molecule has 21 heavy (non-hydrogen) atoms. The third-order valence-corrected chi connectivity index (χ3v) is 4.76. The molecule has 2 N–H and O–H groups in total. The fraction of sp³-hybridized carbons (Fsp3) is 0.529. The average Bonchev–Trinajstić information content (AvgIpc) is 2.80. The van der Waals surface area contributed by atoms with Crippen LogP contribution in [0, 0.1) is 28.6 Å². The minimum atomic E-state index is -0.00377. The second-order valence-corrected chi connectivity index (χ2v) is 6.57. The van der Waals surface area contributed by atoms with Crippen LogP contribution in [0.2, 0.25) is 0 Å². The van der Waals surface area contributed by atoms with Gasteiger partial charge in [0, 0.05) is 24.1 Å². The first-order chi connectivity index (χ1) is 9.80. The van der Waals surface area contributed by atoms with Crippen LogP contribution in [0.3, 0.4) is 0 Å². The van der Waals surface area contributed by atoms with Crippen molar-refractivity contribution >= 4 is 11.7 Å². The molecule has 0 spiro atoms. The molecule has 1 aliphatic carbocycles. The van der Waals surface area contributed by atoms with E-state index >= 15 is 0 Å². The first kappa shape index (κ1) is 15.5. The maximum absolute atomic E-state index is 12.4. The van der Waals surface area contributed by atoms with Gasteiger partial charge in [-0.3, -0.25) is 4.79 Å². The van der Waals surface area contributed by atoms with Crippen LogP contribution in [0.5, 0.6) is 0 Å². The molecule has 0 bridgehead atoms. The molecule has 4 heteroatoms. The molecule has 1 aromatic heterocycles. The van der Waals surface area contributed by atoms with Crippen molar-refractivity contribution in [3.05, 3.63) is 23.9 Å². The molecule has 0 aromatic carbocycles. The molecule has 1 fully saturated rings. The van der Waals surface area contributed by atoms with Crippen LogP contribution in [0.4, 0.5) is 5.82 Å². The van der Waals surface area contributed by atoms with Gasteiger partial charge in [-0.15, -0.1) is 0 Å². The molecule has 1 aliphatic rings. The van der Waals surface area contributed by atoms with E-state index in [4.69, 9.17) is 5.11 Å². The quantitative estimate of drug-likeness (QED) is 0.839. The summed E-state index contributed by atoms with van der Waals surface area (Å²) in [5.74, 6) is 6.32. The smallest absolute Gasteiger partial charge is 0.229 e. The third-order valence-electron chi connectivity index (χ3n) is 4.76. The number of hydrogen-bond acceptors (Lipinski definition) is 3. The standard InChI is InChI=1S/C17H22N2O2/c1-16(2)14(17(16,3)4)15(21)19-13-11-12(8-9-18-13)7-5-6-10-20/h8-9,11,14,20H,6,10H2,1-4H3,(H,18,19,21). The molecule has 0 aliphatic heterocycles. The summed E-state index contributed by atoms with van der Waals surface area (Å²) in [5.41, 5.74) is 0.800. The minimum absolute atomic E-state index is 0.00377. The van der Waals surface area contributed by atoms with Gasteiger partial charge in [0.05, 0.1) is 6.61 Å². The van der Waals surface area contributed by atoms with E-state index in [0.29, 0.717) is 12.2 Å². The lowest BCUT2D eigenvalue weighted by molar-refractivity contribution is -0.118. The number of aromatic nitrogens is 1. The minimum Gasteiger partial charge on any atom is -0.395 e. The predicted octanol–water partition coefficient (Wildman–Crippen LogP) is 2.44. The van der Waals surface area contributed by atoms with Crippen molar-refractivity contribution in [2.24, 2.45) is 16.7 Å². The Bertz CT molecular complexity index is 595. The normalized spacial score (nSPS) is 18.5. The van der Waals surface area contributed by atoms with Crippen LogP contribution in [0.1, 0.15) is 39.7 Å². The Kier molecular flexibility index (Phi) is 4.06. The molecule has 4 nitrogen and oxygen atoms in total. The molecule has 1 saturated carbocycles. The summed E-state index contributed by atoms with van der Waals surface area (Å²) >= 11 is 0. The highest BCUT2D eigenvalue weighted by atomic mass is 16.2. The second-order valence-electron chi connectivity index (χ2n) is 6.57. The Hall–Kier alpha value is -1.86. The van der Waals surface area contributed by atoms with Crippen molar-refractivity contribution in [1.29, 1.82) is 0 Å². The number of carbonyl (C=O) groups is 1. The van der Waals surface area contributed by atoms with E-state index in [0.717, 1.165) is 5.56 Å². The summed E-state index contributed by atoms with van der Waals surface area (Å²) in [6.45, 7) is 8.50. The van der Waals surface area contributed by atoms with Crippen molar-refractivity contribution in [2.45, 2.75) is 34.1 Å². The monoisotopic (exact) mass is 286 g/mol. The van der Waals surface area contributed by atoms with Crippen molar-refractivity contribution in [2.75, 3.05) is 11.9 Å². The maximum atomic E-state index is 12.4. The molecule has 0 radical (unpaired) electrons. The van der Waals surface area contributed by atoms with E-state index in [9.17, 15) is 4.79 Å². The number of nitrogens with one attached hydrogen (secondary N) is 1. The van der Waals surface area contributed by atoms with Gasteiger partial charge in [0.1, 0.15) is 5.82 Å². The summed E-state index contributed by atoms with van der Waals surface area (Å²) < 4.78 is 0. The molecule has 1 aromatic rings. The molecule has 0 saturated heterocycles. The van der Waals surface area contributed by atoms with Crippen LogP contribution in [-0.2, 0) is 4.79 Å². The van der Waals surface area contributed by atoms with Gasteiger partial charge >= 0.3 is 0 Å². The maximum Gasteiger partial charge on any atom is 0.229 e. The van der Waals surface area contributed by atoms with Crippen LogP contribution in [-0.4, -0.2) is 22.6 Å². The van der Waals surface area contributed by atoms with Gasteiger partial charge in [0.2, 0.25) is 5.91 Å². The number of aliphatic hydroxyl groups excluding tert-OH is 1. The Balaban J connectivity index is 2.06. The SMILES string of the molecule is CC1(C)C(C(=O)Nc2cc(C#CCCO)ccn2)C1(C)C. The van der Waals surface area contributed by atoms with E-state index in [-0.39, 0.29) is 29.3 Å². The zero-order valence-corrected chi connectivity index (χ0v) is 13.0. The van der Waals surface area contributed by atoms with Crippen molar-refractivity contribution in [3.8, 4) is 11.8 Å². The summed E-state index contributed by atoms with van der Waals surface area (Å²) in [6.07, 6.45) is 2.07. The number of aliphatic hydroxyl groups is 1. The Morgan fingerprint density at radius 1 is 1.38 bits per heavy atom. The van der Waals surface area contributed by atoms with Crippen molar-refractivity contribution in [1.82, 2.24) is 4.98 Å². The Morgan fingerprint density at radius 2 is 2.05 bits per heavy atom. The number of anilines is 1. The molecule has 0 atom stereocenters. The van der Waals surface area contributed by atoms with E-state index in [1.54, 1.807) is 18.3 Å². The number of rotatable bonds is 3. The highest BCUT2D eigenvalue weighted by Crippen LogP contribution is 2.68. The molecule has 1 heterocycles. The lowest BCUT2D eigenvalue weighted by Gasteiger charge is -2.05. The predicted molar refractivity (Wildman–Crippen MR) is 82.5 cm³/mol. The number of carbonyl (C=O) groups excluding carboxylic acids is 1. The van der Waals surface area contributed by atoms with Gasteiger partial charge in [-0.1, -0.05) is 39.5 Å². The van der Waals surface area contributed by atoms with Crippen molar-refractivity contribution < 1.29 is 9.90 Å². The topological polar surface area (TPSA) is 62.2 Å². The van der Waals surface area contributed by atoms with Gasteiger partial charge in [-0.2, -0.15) is 0 Å². The lowest BCUT2D eigenvalue weighted by Crippen LogP contribution is -2.18. The molecule has 2 rings (SSSR count). The first-order valence-electron chi connectivity index (χ1n) is 7.17. The summed E-state index contributed by atoms with van der Waals surface area (Å²) in [6, 6.07) is 3.54. The fourth-order valence-corrected chi connectivity index (χ4v) is 2.85. The van der Waals surface area contributed by atoms with Crippen LogP contribution >= 0.6 is 0 Å². The lowest BCUT2D eigenvalue weighted by atomic mass is 10.0. The Labute approximate surface area is 126 Å². The third kappa shape index (κ3) is 2.93. The fourth-order valence-electron chi connectivity index (χ4n) is 2.85. The summed E-state index contributed by atoms with van der Waals surface area (Å²) in [5, 5.41) is 11.6.